The van der Waals surface area contributed by atoms with Gasteiger partial charge in [0.2, 0.25) is 5.76 Å². The average Bonchev–Trinajstić information content (AvgIpc) is 2.67. The van der Waals surface area contributed by atoms with Crippen LogP contribution in [-0.2, 0) is 4.74 Å². The summed E-state index contributed by atoms with van der Waals surface area (Å²) in [5.74, 6) is -0.131. The second-order valence-corrected chi connectivity index (χ2v) is 6.14. The zero-order valence-corrected chi connectivity index (χ0v) is 15.4. The molecule has 1 aromatic carbocycles. The number of carbonyl (C=O) groups excluding carboxylic acids is 1. The minimum Gasteiger partial charge on any atom is -0.497 e. The molecule has 1 fully saturated rings. The van der Waals surface area contributed by atoms with E-state index in [9.17, 15) is 9.59 Å². The van der Waals surface area contributed by atoms with Crippen LogP contribution in [0.3, 0.4) is 0 Å². The van der Waals surface area contributed by atoms with Crippen LogP contribution in [0.15, 0.2) is 27.4 Å². The van der Waals surface area contributed by atoms with Gasteiger partial charge in [-0.3, -0.25) is 4.79 Å². The highest BCUT2D eigenvalue weighted by atomic mass is 16.5. The number of rotatable bonds is 5. The summed E-state index contributed by atoms with van der Waals surface area (Å²) in [6, 6.07) is 4.67. The molecule has 2 heterocycles. The van der Waals surface area contributed by atoms with Crippen molar-refractivity contribution < 1.29 is 18.7 Å². The fourth-order valence-corrected chi connectivity index (χ4v) is 3.17. The second-order valence-electron chi connectivity index (χ2n) is 6.14. The van der Waals surface area contributed by atoms with E-state index in [0.717, 1.165) is 38.4 Å². The fourth-order valence-electron chi connectivity index (χ4n) is 3.17. The molecule has 1 aromatic heterocycles. The first-order valence-corrected chi connectivity index (χ1v) is 8.87. The van der Waals surface area contributed by atoms with Crippen LogP contribution in [0.1, 0.15) is 24.4 Å². The standard InChI is InChI=1S/C19H24N2O5/c1-4-20-6-8-21(9-7-20)15-11-13(24-3)10-14-16(22)12-17(26-18(14)15)19(23)25-5-2/h10-12H,4-9H2,1-3H3. The largest absolute Gasteiger partial charge is 0.497 e. The molecule has 2 aromatic rings. The number of fused-ring (bicyclic) bond motifs is 1. The van der Waals surface area contributed by atoms with E-state index in [0.29, 0.717) is 16.7 Å². The summed E-state index contributed by atoms with van der Waals surface area (Å²) in [7, 11) is 1.56. The lowest BCUT2D eigenvalue weighted by Crippen LogP contribution is -2.46. The van der Waals surface area contributed by atoms with Crippen molar-refractivity contribution in [3.05, 3.63) is 34.2 Å². The maximum atomic E-state index is 12.6. The minimum atomic E-state index is -0.635. The smallest absolute Gasteiger partial charge is 0.374 e. The number of ether oxygens (including phenoxy) is 2. The quantitative estimate of drug-likeness (QED) is 0.756. The van der Waals surface area contributed by atoms with Gasteiger partial charge in [-0.2, -0.15) is 0 Å². The van der Waals surface area contributed by atoms with Crippen LogP contribution in [0.2, 0.25) is 0 Å². The SMILES string of the molecule is CCOC(=O)c1cc(=O)c2cc(OC)cc(N3CCN(CC)CC3)c2o1. The Balaban J connectivity index is 2.10. The summed E-state index contributed by atoms with van der Waals surface area (Å²) < 4.78 is 16.1. The van der Waals surface area contributed by atoms with Gasteiger partial charge in [0.05, 0.1) is 24.8 Å². The molecule has 0 atom stereocenters. The first-order chi connectivity index (χ1) is 12.6. The van der Waals surface area contributed by atoms with E-state index < -0.39 is 5.97 Å². The highest BCUT2D eigenvalue weighted by molar-refractivity contribution is 5.94. The molecule has 1 aliphatic rings. The van der Waals surface area contributed by atoms with Crippen LogP contribution < -0.4 is 15.1 Å². The molecular weight excluding hydrogens is 336 g/mol. The summed E-state index contributed by atoms with van der Waals surface area (Å²) in [4.78, 5) is 29.1. The second kappa shape index (κ2) is 7.78. The lowest BCUT2D eigenvalue weighted by atomic mass is 10.1. The van der Waals surface area contributed by atoms with E-state index in [2.05, 4.69) is 16.7 Å². The number of anilines is 1. The van der Waals surface area contributed by atoms with Crippen molar-refractivity contribution in [1.29, 1.82) is 0 Å². The lowest BCUT2D eigenvalue weighted by molar-refractivity contribution is 0.0490. The number of hydrogen-bond donors (Lipinski definition) is 0. The Morgan fingerprint density at radius 3 is 2.50 bits per heavy atom. The molecule has 7 heteroatoms. The van der Waals surface area contributed by atoms with Gasteiger partial charge in [0.15, 0.2) is 11.0 Å². The third-order valence-electron chi connectivity index (χ3n) is 4.66. The van der Waals surface area contributed by atoms with Crippen LogP contribution in [0, 0.1) is 0 Å². The van der Waals surface area contributed by atoms with Gasteiger partial charge in [0, 0.05) is 38.3 Å². The van der Waals surface area contributed by atoms with Gasteiger partial charge >= 0.3 is 5.97 Å². The summed E-state index contributed by atoms with van der Waals surface area (Å²) in [5.41, 5.74) is 0.867. The molecule has 3 rings (SSSR count). The van der Waals surface area contributed by atoms with Crippen molar-refractivity contribution in [3.8, 4) is 5.75 Å². The molecule has 0 aliphatic carbocycles. The van der Waals surface area contributed by atoms with Gasteiger partial charge < -0.3 is 23.7 Å². The van der Waals surface area contributed by atoms with Crippen molar-refractivity contribution in [3.63, 3.8) is 0 Å². The van der Waals surface area contributed by atoms with Crippen LogP contribution >= 0.6 is 0 Å². The Hall–Kier alpha value is -2.54. The molecule has 1 aliphatic heterocycles. The third-order valence-corrected chi connectivity index (χ3v) is 4.66. The number of nitrogens with zero attached hydrogens (tertiary/aromatic N) is 2. The number of methoxy groups -OCH3 is 1. The molecule has 140 valence electrons. The molecule has 0 unspecified atom stereocenters. The maximum absolute atomic E-state index is 12.6. The van der Waals surface area contributed by atoms with Gasteiger partial charge in [0.25, 0.3) is 0 Å². The Morgan fingerprint density at radius 1 is 1.15 bits per heavy atom. The molecule has 26 heavy (non-hydrogen) atoms. The van der Waals surface area contributed by atoms with Crippen LogP contribution in [0.25, 0.3) is 11.0 Å². The monoisotopic (exact) mass is 360 g/mol. The first kappa shape index (κ1) is 18.3. The normalized spacial score (nSPS) is 15.3. The summed E-state index contributed by atoms with van der Waals surface area (Å²) in [6.07, 6.45) is 0. The van der Waals surface area contributed by atoms with Crippen molar-refractivity contribution in [2.75, 3.05) is 51.3 Å². The first-order valence-electron chi connectivity index (χ1n) is 8.87. The van der Waals surface area contributed by atoms with Crippen LogP contribution in [0.4, 0.5) is 5.69 Å². The van der Waals surface area contributed by atoms with Crippen molar-refractivity contribution >= 4 is 22.6 Å². The van der Waals surface area contributed by atoms with Crippen LogP contribution in [-0.4, -0.2) is 57.3 Å². The predicted molar refractivity (Wildman–Crippen MR) is 99.3 cm³/mol. The topological polar surface area (TPSA) is 72.2 Å². The molecular formula is C19H24N2O5. The highest BCUT2D eigenvalue weighted by Crippen LogP contribution is 2.32. The zero-order chi connectivity index (χ0) is 18.7. The van der Waals surface area contributed by atoms with Gasteiger partial charge in [-0.15, -0.1) is 0 Å². The molecule has 7 nitrogen and oxygen atoms in total. The number of piperazine rings is 1. The average molecular weight is 360 g/mol. The molecule has 0 bridgehead atoms. The van der Waals surface area contributed by atoms with E-state index in [1.54, 1.807) is 20.1 Å². The summed E-state index contributed by atoms with van der Waals surface area (Å²) in [5, 5.41) is 0.394. The predicted octanol–water partition coefficient (Wildman–Crippen LogP) is 2.12. The molecule has 0 radical (unpaired) electrons. The number of likely N-dealkylation sites (N-methyl/N-ethyl adjacent to an activating group) is 1. The Morgan fingerprint density at radius 2 is 1.88 bits per heavy atom. The molecule has 0 amide bonds. The molecule has 0 N–H and O–H groups in total. The van der Waals surface area contributed by atoms with Crippen LogP contribution in [0.5, 0.6) is 5.75 Å². The van der Waals surface area contributed by atoms with Crippen molar-refractivity contribution in [1.82, 2.24) is 4.90 Å². The van der Waals surface area contributed by atoms with E-state index >= 15 is 0 Å². The van der Waals surface area contributed by atoms with E-state index in [4.69, 9.17) is 13.9 Å². The molecule has 0 saturated carbocycles. The molecule has 0 spiro atoms. The number of hydrogen-bond acceptors (Lipinski definition) is 7. The van der Waals surface area contributed by atoms with Gasteiger partial charge in [0.1, 0.15) is 5.75 Å². The van der Waals surface area contributed by atoms with Gasteiger partial charge in [-0.25, -0.2) is 4.79 Å². The number of carbonyl (C=O) groups is 1. The Labute approximate surface area is 152 Å². The lowest BCUT2D eigenvalue weighted by Gasteiger charge is -2.35. The highest BCUT2D eigenvalue weighted by Gasteiger charge is 2.22. The summed E-state index contributed by atoms with van der Waals surface area (Å²) in [6.45, 7) is 8.55. The number of esters is 1. The van der Waals surface area contributed by atoms with Gasteiger partial charge in [-0.1, -0.05) is 6.92 Å². The minimum absolute atomic E-state index is 0.0806. The zero-order valence-electron chi connectivity index (χ0n) is 15.4. The fraction of sp³-hybridized carbons (Fsp3) is 0.474. The van der Waals surface area contributed by atoms with E-state index in [1.165, 1.54) is 6.07 Å². The third kappa shape index (κ3) is 3.53. The van der Waals surface area contributed by atoms with Crippen molar-refractivity contribution in [2.45, 2.75) is 13.8 Å². The number of benzene rings is 1. The van der Waals surface area contributed by atoms with E-state index in [-0.39, 0.29) is 17.8 Å². The summed E-state index contributed by atoms with van der Waals surface area (Å²) >= 11 is 0. The Kier molecular flexibility index (Phi) is 5.46. The van der Waals surface area contributed by atoms with Crippen molar-refractivity contribution in [2.24, 2.45) is 0 Å². The molecule has 1 saturated heterocycles. The maximum Gasteiger partial charge on any atom is 0.374 e. The van der Waals surface area contributed by atoms with Gasteiger partial charge in [-0.05, 0) is 19.5 Å². The Bertz CT molecular complexity index is 853. The van der Waals surface area contributed by atoms with E-state index in [1.807, 2.05) is 6.07 Å².